The third kappa shape index (κ3) is 6.79. The quantitative estimate of drug-likeness (QED) is 0.134. The molecule has 12 aromatic carbocycles. The molecule has 0 aliphatic rings. The van der Waals surface area contributed by atoms with E-state index in [4.69, 9.17) is 0 Å². The van der Waals surface area contributed by atoms with Crippen LogP contribution in [0.3, 0.4) is 0 Å². The molecular formula is C66H44. The molecule has 0 aromatic heterocycles. The van der Waals surface area contributed by atoms with Gasteiger partial charge in [-0.2, -0.15) is 0 Å². The fraction of sp³-hybridized carbons (Fsp3) is 0. The Morgan fingerprint density at radius 2 is 0.409 bits per heavy atom. The summed E-state index contributed by atoms with van der Waals surface area (Å²) in [6.07, 6.45) is 0. The standard InChI is InChI=1S/C66H44/c1-7-23-45(24-8-1)51-39-41-57(59(43-51)47-27-11-3-12-28-47)63-55-37-21-22-38-56(55)64(58-42-40-52(46-25-9-2-10-26-46)44-60(58)48-29-13-4-14-30-48)66-62(50-33-17-6-18-34-50)54-36-20-19-35-53(54)61(65(63)66)49-31-15-5-16-32-49/h1-44H. The first-order chi connectivity index (χ1) is 32.8. The van der Waals surface area contributed by atoms with Crippen LogP contribution in [0.2, 0.25) is 0 Å². The van der Waals surface area contributed by atoms with Gasteiger partial charge in [0.25, 0.3) is 0 Å². The van der Waals surface area contributed by atoms with E-state index < -0.39 is 0 Å². The Morgan fingerprint density at radius 1 is 0.152 bits per heavy atom. The first kappa shape index (κ1) is 39.0. The summed E-state index contributed by atoms with van der Waals surface area (Å²) < 4.78 is 0. The zero-order chi connectivity index (χ0) is 43.8. The molecule has 0 heterocycles. The van der Waals surface area contributed by atoms with Gasteiger partial charge in [0, 0.05) is 0 Å². The molecule has 12 rings (SSSR count). The number of benzene rings is 12. The first-order valence-corrected chi connectivity index (χ1v) is 22.8. The summed E-state index contributed by atoms with van der Waals surface area (Å²) in [5.41, 5.74) is 19.2. The van der Waals surface area contributed by atoms with Crippen LogP contribution < -0.4 is 0 Å². The van der Waals surface area contributed by atoms with Crippen molar-refractivity contribution in [2.45, 2.75) is 0 Å². The maximum Gasteiger partial charge on any atom is -0.000116 e. The van der Waals surface area contributed by atoms with Gasteiger partial charge in [-0.1, -0.05) is 255 Å². The highest BCUT2D eigenvalue weighted by atomic mass is 14.3. The monoisotopic (exact) mass is 836 g/mol. The Kier molecular flexibility index (Phi) is 9.97. The Labute approximate surface area is 386 Å². The zero-order valence-electron chi connectivity index (χ0n) is 36.4. The number of hydrogen-bond acceptors (Lipinski definition) is 0. The predicted octanol–water partition coefficient (Wildman–Crippen LogP) is 18.5. The van der Waals surface area contributed by atoms with Gasteiger partial charge in [0.1, 0.15) is 0 Å². The molecule has 0 atom stereocenters. The largest absolute Gasteiger partial charge is 0.0622 e. The molecule has 0 aliphatic carbocycles. The van der Waals surface area contributed by atoms with Crippen molar-refractivity contribution in [3.8, 4) is 89.0 Å². The minimum Gasteiger partial charge on any atom is -0.0622 e. The van der Waals surface area contributed by atoms with Gasteiger partial charge in [-0.3, -0.25) is 0 Å². The molecule has 66 heavy (non-hydrogen) atoms. The third-order valence-corrected chi connectivity index (χ3v) is 13.3. The fourth-order valence-corrected chi connectivity index (χ4v) is 10.4. The van der Waals surface area contributed by atoms with Crippen LogP contribution in [-0.2, 0) is 0 Å². The third-order valence-electron chi connectivity index (χ3n) is 13.3. The molecule has 0 unspecified atom stereocenters. The molecule has 0 bridgehead atoms. The van der Waals surface area contributed by atoms with Crippen LogP contribution in [0.5, 0.6) is 0 Å². The molecule has 0 aliphatic heterocycles. The lowest BCUT2D eigenvalue weighted by Crippen LogP contribution is -1.99. The minimum absolute atomic E-state index is 1.18. The molecule has 0 saturated carbocycles. The van der Waals surface area contributed by atoms with Crippen LogP contribution >= 0.6 is 0 Å². The van der Waals surface area contributed by atoms with Gasteiger partial charge in [-0.05, 0) is 133 Å². The minimum atomic E-state index is 1.18. The maximum absolute atomic E-state index is 2.41. The van der Waals surface area contributed by atoms with Crippen molar-refractivity contribution in [1.82, 2.24) is 0 Å². The summed E-state index contributed by atoms with van der Waals surface area (Å²) in [4.78, 5) is 0. The Hall–Kier alpha value is -8.58. The van der Waals surface area contributed by atoms with Gasteiger partial charge >= 0.3 is 0 Å². The van der Waals surface area contributed by atoms with Gasteiger partial charge in [0.2, 0.25) is 0 Å². The highest BCUT2D eigenvalue weighted by Gasteiger charge is 2.28. The molecule has 0 spiro atoms. The number of hydrogen-bond donors (Lipinski definition) is 0. The summed E-state index contributed by atoms with van der Waals surface area (Å²) in [5.74, 6) is 0. The van der Waals surface area contributed by atoms with E-state index in [1.807, 2.05) is 0 Å². The highest BCUT2D eigenvalue weighted by molar-refractivity contribution is 6.34. The van der Waals surface area contributed by atoms with Crippen molar-refractivity contribution in [1.29, 1.82) is 0 Å². The van der Waals surface area contributed by atoms with E-state index in [-0.39, 0.29) is 0 Å². The summed E-state index contributed by atoms with van der Waals surface area (Å²) >= 11 is 0. The Morgan fingerprint density at radius 3 is 0.727 bits per heavy atom. The summed E-state index contributed by atoms with van der Waals surface area (Å²) in [5, 5.41) is 7.35. The van der Waals surface area contributed by atoms with Crippen LogP contribution in [0, 0.1) is 0 Å². The molecule has 0 amide bonds. The summed E-state index contributed by atoms with van der Waals surface area (Å²) in [6, 6.07) is 98.1. The smallest absolute Gasteiger partial charge is 0.000116 e. The van der Waals surface area contributed by atoms with Crippen LogP contribution in [0.4, 0.5) is 0 Å². The average molecular weight is 837 g/mol. The molecule has 12 aromatic rings. The summed E-state index contributed by atoms with van der Waals surface area (Å²) in [6.45, 7) is 0. The summed E-state index contributed by atoms with van der Waals surface area (Å²) in [7, 11) is 0. The second kappa shape index (κ2) is 16.8. The number of fused-ring (bicyclic) bond motifs is 3. The van der Waals surface area contributed by atoms with E-state index in [1.165, 1.54) is 121 Å². The SMILES string of the molecule is c1ccc(-c2ccc(-c3c4ccccc4c(-c4ccc(-c5ccccc5)cc4-c4ccccc4)c4c(-c5ccccc5)c5ccccc5c(-c5ccccc5)c34)c(-c3ccccc3)c2)cc1. The van der Waals surface area contributed by atoms with E-state index >= 15 is 0 Å². The molecule has 0 saturated heterocycles. The fourth-order valence-electron chi connectivity index (χ4n) is 10.4. The van der Waals surface area contributed by atoms with Crippen molar-refractivity contribution < 1.29 is 0 Å². The molecule has 308 valence electrons. The molecular weight excluding hydrogens is 793 g/mol. The van der Waals surface area contributed by atoms with Crippen LogP contribution in [0.25, 0.3) is 121 Å². The normalized spacial score (nSPS) is 11.3. The molecule has 0 fully saturated rings. The molecule has 0 nitrogen and oxygen atoms in total. The van der Waals surface area contributed by atoms with Crippen LogP contribution in [0.1, 0.15) is 0 Å². The van der Waals surface area contributed by atoms with Crippen LogP contribution in [-0.4, -0.2) is 0 Å². The molecule has 0 heteroatoms. The van der Waals surface area contributed by atoms with Gasteiger partial charge in [0.15, 0.2) is 0 Å². The zero-order valence-corrected chi connectivity index (χ0v) is 36.4. The highest BCUT2D eigenvalue weighted by Crippen LogP contribution is 2.56. The van der Waals surface area contributed by atoms with Crippen LogP contribution in [0.15, 0.2) is 267 Å². The van der Waals surface area contributed by atoms with E-state index in [0.717, 1.165) is 0 Å². The first-order valence-electron chi connectivity index (χ1n) is 22.8. The Bertz CT molecular complexity index is 3440. The van der Waals surface area contributed by atoms with E-state index in [1.54, 1.807) is 0 Å². The van der Waals surface area contributed by atoms with Crippen molar-refractivity contribution in [3.63, 3.8) is 0 Å². The lowest BCUT2D eigenvalue weighted by molar-refractivity contribution is 1.57. The molecule has 0 N–H and O–H groups in total. The average Bonchev–Trinajstić information content (AvgIpc) is 3.41. The second-order valence-corrected chi connectivity index (χ2v) is 17.1. The Balaban J connectivity index is 1.34. The van der Waals surface area contributed by atoms with Crippen molar-refractivity contribution in [3.05, 3.63) is 267 Å². The maximum atomic E-state index is 2.41. The van der Waals surface area contributed by atoms with E-state index in [9.17, 15) is 0 Å². The van der Waals surface area contributed by atoms with Gasteiger partial charge in [-0.25, -0.2) is 0 Å². The van der Waals surface area contributed by atoms with Gasteiger partial charge in [-0.15, -0.1) is 0 Å². The second-order valence-electron chi connectivity index (χ2n) is 17.1. The van der Waals surface area contributed by atoms with Crippen molar-refractivity contribution in [2.24, 2.45) is 0 Å². The van der Waals surface area contributed by atoms with Crippen molar-refractivity contribution in [2.75, 3.05) is 0 Å². The topological polar surface area (TPSA) is 0 Å². The number of rotatable bonds is 8. The lowest BCUT2D eigenvalue weighted by Gasteiger charge is -2.27. The predicted molar refractivity (Wildman–Crippen MR) is 282 cm³/mol. The lowest BCUT2D eigenvalue weighted by atomic mass is 9.75. The van der Waals surface area contributed by atoms with Crippen molar-refractivity contribution >= 4 is 32.3 Å². The van der Waals surface area contributed by atoms with E-state index in [2.05, 4.69) is 267 Å². The molecule has 0 radical (unpaired) electrons. The van der Waals surface area contributed by atoms with Gasteiger partial charge < -0.3 is 0 Å². The van der Waals surface area contributed by atoms with E-state index in [0.29, 0.717) is 0 Å². The van der Waals surface area contributed by atoms with Gasteiger partial charge in [0.05, 0.1) is 0 Å².